The van der Waals surface area contributed by atoms with Crippen molar-refractivity contribution in [2.75, 3.05) is 20.2 Å². The van der Waals surface area contributed by atoms with Crippen molar-refractivity contribution in [2.24, 2.45) is 0 Å². The first-order chi connectivity index (χ1) is 13.8. The molecule has 1 aliphatic heterocycles. The van der Waals surface area contributed by atoms with Crippen molar-refractivity contribution >= 4 is 15.9 Å². The lowest BCUT2D eigenvalue weighted by molar-refractivity contribution is -0.124. The van der Waals surface area contributed by atoms with Crippen LogP contribution in [0.2, 0.25) is 0 Å². The Labute approximate surface area is 170 Å². The molecule has 1 unspecified atom stereocenters. The molecule has 2 aromatic rings. The Bertz CT molecular complexity index is 994. The lowest BCUT2D eigenvalue weighted by Crippen LogP contribution is -2.46. The van der Waals surface area contributed by atoms with Gasteiger partial charge in [0.15, 0.2) is 0 Å². The van der Waals surface area contributed by atoms with Crippen LogP contribution >= 0.6 is 0 Å². The summed E-state index contributed by atoms with van der Waals surface area (Å²) in [6.07, 6.45) is 1.52. The van der Waals surface area contributed by atoms with Crippen LogP contribution in [-0.4, -0.2) is 44.9 Å². The third kappa shape index (κ3) is 4.59. The van der Waals surface area contributed by atoms with E-state index in [4.69, 9.17) is 4.74 Å². The Morgan fingerprint density at radius 3 is 2.76 bits per heavy atom. The maximum atomic E-state index is 14.0. The van der Waals surface area contributed by atoms with Crippen LogP contribution < -0.4 is 10.1 Å². The van der Waals surface area contributed by atoms with Gasteiger partial charge >= 0.3 is 0 Å². The number of sulfonamides is 1. The first kappa shape index (κ1) is 21.3. The monoisotopic (exact) mass is 420 g/mol. The second-order valence-electron chi connectivity index (χ2n) is 7.06. The standard InChI is InChI=1S/C21H25FN2O4S/c1-15-9-10-19(28-2)16(14-15)11-12-23-21(25)18-7-5-13-24(18)29(26,27)20-8-4-3-6-17(20)22/h3-4,6,8-10,14,18H,5,7,11-13H2,1-2H3,(H,23,25). The molecule has 1 N–H and O–H groups in total. The van der Waals surface area contributed by atoms with E-state index in [0.29, 0.717) is 25.8 Å². The van der Waals surface area contributed by atoms with Crippen LogP contribution in [0.25, 0.3) is 0 Å². The van der Waals surface area contributed by atoms with Crippen LogP contribution in [0.4, 0.5) is 4.39 Å². The second kappa shape index (κ2) is 8.92. The molecule has 1 heterocycles. The van der Waals surface area contributed by atoms with Gasteiger partial charge in [-0.2, -0.15) is 4.31 Å². The molecule has 1 atom stereocenters. The van der Waals surface area contributed by atoms with Crippen molar-refractivity contribution < 1.29 is 22.3 Å². The van der Waals surface area contributed by atoms with Crippen LogP contribution in [0.1, 0.15) is 24.0 Å². The summed E-state index contributed by atoms with van der Waals surface area (Å²) in [5.41, 5.74) is 2.06. The number of hydrogen-bond acceptors (Lipinski definition) is 4. The van der Waals surface area contributed by atoms with Gasteiger partial charge in [0.2, 0.25) is 15.9 Å². The SMILES string of the molecule is COc1ccc(C)cc1CCNC(=O)C1CCCN1S(=O)(=O)c1ccccc1F. The fraction of sp³-hybridized carbons (Fsp3) is 0.381. The molecule has 2 aromatic carbocycles. The van der Waals surface area contributed by atoms with E-state index < -0.39 is 26.8 Å². The fourth-order valence-corrected chi connectivity index (χ4v) is 5.33. The number of halogens is 1. The van der Waals surface area contributed by atoms with Crippen molar-refractivity contribution in [2.45, 2.75) is 37.1 Å². The van der Waals surface area contributed by atoms with Gasteiger partial charge in [0.25, 0.3) is 0 Å². The summed E-state index contributed by atoms with van der Waals surface area (Å²) in [4.78, 5) is 12.3. The van der Waals surface area contributed by atoms with Gasteiger partial charge in [0, 0.05) is 13.1 Å². The molecule has 156 valence electrons. The zero-order chi connectivity index (χ0) is 21.0. The summed E-state index contributed by atoms with van der Waals surface area (Å²) in [7, 11) is -2.49. The van der Waals surface area contributed by atoms with E-state index in [2.05, 4.69) is 5.32 Å². The summed E-state index contributed by atoms with van der Waals surface area (Å²) in [6.45, 7) is 2.52. The zero-order valence-electron chi connectivity index (χ0n) is 16.5. The molecule has 0 radical (unpaired) electrons. The number of aryl methyl sites for hydroxylation is 1. The van der Waals surface area contributed by atoms with Crippen molar-refractivity contribution in [3.8, 4) is 5.75 Å². The van der Waals surface area contributed by atoms with Gasteiger partial charge in [-0.3, -0.25) is 4.79 Å². The second-order valence-corrected chi connectivity index (χ2v) is 8.92. The Morgan fingerprint density at radius 1 is 1.28 bits per heavy atom. The molecule has 1 amide bonds. The Balaban J connectivity index is 1.68. The minimum absolute atomic E-state index is 0.195. The van der Waals surface area contributed by atoms with E-state index in [1.807, 2.05) is 25.1 Å². The Hall–Kier alpha value is -2.45. The van der Waals surface area contributed by atoms with Crippen molar-refractivity contribution in [3.05, 3.63) is 59.4 Å². The van der Waals surface area contributed by atoms with Gasteiger partial charge in [-0.25, -0.2) is 12.8 Å². The van der Waals surface area contributed by atoms with Gasteiger partial charge < -0.3 is 10.1 Å². The number of ether oxygens (including phenoxy) is 1. The van der Waals surface area contributed by atoms with Crippen LogP contribution in [0.5, 0.6) is 5.75 Å². The molecular formula is C21H25FN2O4S. The van der Waals surface area contributed by atoms with Crippen LogP contribution in [-0.2, 0) is 21.2 Å². The predicted molar refractivity (Wildman–Crippen MR) is 108 cm³/mol. The van der Waals surface area contributed by atoms with E-state index in [1.54, 1.807) is 7.11 Å². The maximum Gasteiger partial charge on any atom is 0.246 e. The summed E-state index contributed by atoms with van der Waals surface area (Å²) in [6, 6.07) is 10.2. The van der Waals surface area contributed by atoms with E-state index >= 15 is 0 Å². The van der Waals surface area contributed by atoms with Crippen molar-refractivity contribution in [1.82, 2.24) is 9.62 Å². The first-order valence-electron chi connectivity index (χ1n) is 9.52. The highest BCUT2D eigenvalue weighted by Gasteiger charge is 2.40. The summed E-state index contributed by atoms with van der Waals surface area (Å²) in [5.74, 6) is -0.436. The molecule has 0 spiro atoms. The molecular weight excluding hydrogens is 395 g/mol. The number of benzene rings is 2. The van der Waals surface area contributed by atoms with Crippen molar-refractivity contribution in [3.63, 3.8) is 0 Å². The number of carbonyl (C=O) groups is 1. The quantitative estimate of drug-likeness (QED) is 0.747. The smallest absolute Gasteiger partial charge is 0.246 e. The van der Waals surface area contributed by atoms with Gasteiger partial charge in [0.05, 0.1) is 7.11 Å². The number of amides is 1. The van der Waals surface area contributed by atoms with Crippen LogP contribution in [0.15, 0.2) is 47.4 Å². The molecule has 8 heteroatoms. The third-order valence-electron chi connectivity index (χ3n) is 5.06. The number of nitrogens with zero attached hydrogens (tertiary/aromatic N) is 1. The number of methoxy groups -OCH3 is 1. The average Bonchev–Trinajstić information content (AvgIpc) is 3.19. The van der Waals surface area contributed by atoms with E-state index in [1.165, 1.54) is 18.2 Å². The van der Waals surface area contributed by atoms with E-state index in [0.717, 1.165) is 27.2 Å². The maximum absolute atomic E-state index is 14.0. The van der Waals surface area contributed by atoms with Gasteiger partial charge in [-0.1, -0.05) is 29.8 Å². The fourth-order valence-electron chi connectivity index (χ4n) is 3.61. The molecule has 1 aliphatic rings. The number of hydrogen-bond donors (Lipinski definition) is 1. The molecule has 0 bridgehead atoms. The summed E-state index contributed by atoms with van der Waals surface area (Å²) in [5, 5.41) is 2.82. The first-order valence-corrected chi connectivity index (χ1v) is 11.0. The number of nitrogens with one attached hydrogen (secondary N) is 1. The molecule has 3 rings (SSSR count). The molecule has 29 heavy (non-hydrogen) atoms. The normalized spacial score (nSPS) is 17.3. The summed E-state index contributed by atoms with van der Waals surface area (Å²) >= 11 is 0. The molecule has 6 nitrogen and oxygen atoms in total. The van der Waals surface area contributed by atoms with Crippen molar-refractivity contribution in [1.29, 1.82) is 0 Å². The molecule has 0 saturated carbocycles. The van der Waals surface area contributed by atoms with Crippen LogP contribution in [0, 0.1) is 12.7 Å². The Kier molecular flexibility index (Phi) is 6.54. The lowest BCUT2D eigenvalue weighted by atomic mass is 10.1. The molecule has 1 fully saturated rings. The lowest BCUT2D eigenvalue weighted by Gasteiger charge is -2.23. The predicted octanol–water partition coefficient (Wildman–Crippen LogP) is 2.65. The highest BCUT2D eigenvalue weighted by atomic mass is 32.2. The van der Waals surface area contributed by atoms with Gasteiger partial charge in [0.1, 0.15) is 22.5 Å². The third-order valence-corrected chi connectivity index (χ3v) is 7.00. The highest BCUT2D eigenvalue weighted by molar-refractivity contribution is 7.89. The van der Waals surface area contributed by atoms with Crippen LogP contribution in [0.3, 0.4) is 0 Å². The summed E-state index contributed by atoms with van der Waals surface area (Å²) < 4.78 is 46.2. The zero-order valence-corrected chi connectivity index (χ0v) is 17.3. The Morgan fingerprint density at radius 2 is 2.03 bits per heavy atom. The minimum Gasteiger partial charge on any atom is -0.496 e. The molecule has 0 aromatic heterocycles. The number of carbonyl (C=O) groups excluding carboxylic acids is 1. The number of rotatable bonds is 7. The van der Waals surface area contributed by atoms with Gasteiger partial charge in [-0.05, 0) is 49.9 Å². The minimum atomic E-state index is -4.08. The van der Waals surface area contributed by atoms with E-state index in [-0.39, 0.29) is 12.5 Å². The highest BCUT2D eigenvalue weighted by Crippen LogP contribution is 2.27. The average molecular weight is 421 g/mol. The van der Waals surface area contributed by atoms with E-state index in [9.17, 15) is 17.6 Å². The molecule has 0 aliphatic carbocycles. The van der Waals surface area contributed by atoms with Gasteiger partial charge in [-0.15, -0.1) is 0 Å². The largest absolute Gasteiger partial charge is 0.496 e. The molecule has 1 saturated heterocycles. The topological polar surface area (TPSA) is 75.7 Å².